The molecule has 4 rings (SSSR count). The number of carbonyl (C=O) groups is 4. The van der Waals surface area contributed by atoms with E-state index in [4.69, 9.17) is 24.7 Å². The van der Waals surface area contributed by atoms with Crippen molar-refractivity contribution in [1.82, 2.24) is 19.8 Å². The van der Waals surface area contributed by atoms with Crippen LogP contribution >= 0.6 is 0 Å². The minimum absolute atomic E-state index is 0.123. The molecule has 290 valence electrons. The largest absolute Gasteiger partial charge is 0.444 e. The van der Waals surface area contributed by atoms with E-state index in [1.54, 1.807) is 32.4 Å². The van der Waals surface area contributed by atoms with Gasteiger partial charge in [0, 0.05) is 33.1 Å². The molecule has 1 aromatic heterocycles. The molecule has 1 fully saturated rings. The number of carbonyl (C=O) groups excluding carboxylic acids is 4. The molecule has 0 aliphatic carbocycles. The molecule has 3 unspecified atom stereocenters. The first-order valence-corrected chi connectivity index (χ1v) is 18.4. The molecule has 53 heavy (non-hydrogen) atoms. The number of hydrogen-bond acceptors (Lipinski definition) is 9. The highest BCUT2D eigenvalue weighted by atomic mass is 16.6. The zero-order chi connectivity index (χ0) is 38.5. The third-order valence-electron chi connectivity index (χ3n) is 9.06. The van der Waals surface area contributed by atoms with Crippen LogP contribution in [0.2, 0.25) is 0 Å². The smallest absolute Gasteiger partial charge is 0.407 e. The number of aromatic nitrogens is 2. The maximum atomic E-state index is 13.0. The standard InChI is InChI=1S/C39H55N5O9/c1-26(30(15-18-34(40)45)41-37(48)53-39(2,3)4)52-25-29-12-10-27(11-13-29)8-6-20-50-22-23-51-21-7-9-28-14-16-31-33(24-28)43(5)38(49)44(31)32-17-19-35(46)42-36(32)47/h10-14,16,24,26,30,32H,6-9,15,17-23,25H2,1-5H3,(H2,40,45)(H,41,48)(H,42,46,47). The first-order chi connectivity index (χ1) is 25.2. The molecule has 0 saturated carbocycles. The first kappa shape index (κ1) is 41.2. The van der Waals surface area contributed by atoms with Crippen molar-refractivity contribution in [2.45, 2.75) is 109 Å². The van der Waals surface area contributed by atoms with Gasteiger partial charge in [-0.3, -0.25) is 28.8 Å². The van der Waals surface area contributed by atoms with E-state index < -0.39 is 35.6 Å². The predicted molar refractivity (Wildman–Crippen MR) is 199 cm³/mol. The monoisotopic (exact) mass is 737 g/mol. The summed E-state index contributed by atoms with van der Waals surface area (Å²) >= 11 is 0. The maximum Gasteiger partial charge on any atom is 0.407 e. The molecule has 1 saturated heterocycles. The van der Waals surface area contributed by atoms with Crippen LogP contribution in [-0.4, -0.2) is 77.1 Å². The molecular weight excluding hydrogens is 682 g/mol. The summed E-state index contributed by atoms with van der Waals surface area (Å²) in [5.74, 6) is -1.20. The van der Waals surface area contributed by atoms with Crippen LogP contribution in [0.25, 0.3) is 11.0 Å². The van der Waals surface area contributed by atoms with Gasteiger partial charge in [-0.05, 0) is 95.0 Å². The first-order valence-electron chi connectivity index (χ1n) is 18.4. The van der Waals surface area contributed by atoms with Crippen molar-refractivity contribution >= 4 is 34.8 Å². The van der Waals surface area contributed by atoms with Gasteiger partial charge in [-0.15, -0.1) is 0 Å². The van der Waals surface area contributed by atoms with Gasteiger partial charge in [0.1, 0.15) is 11.6 Å². The molecule has 2 heterocycles. The summed E-state index contributed by atoms with van der Waals surface area (Å²) in [6.07, 6.45) is 3.39. The average Bonchev–Trinajstić information content (AvgIpc) is 3.34. The fourth-order valence-corrected chi connectivity index (χ4v) is 6.20. The van der Waals surface area contributed by atoms with Crippen LogP contribution in [0.4, 0.5) is 4.79 Å². The van der Waals surface area contributed by atoms with Crippen molar-refractivity contribution in [3.05, 3.63) is 69.6 Å². The van der Waals surface area contributed by atoms with E-state index in [0.717, 1.165) is 42.3 Å². The van der Waals surface area contributed by atoms with Gasteiger partial charge in [0.25, 0.3) is 0 Å². The molecule has 14 heteroatoms. The van der Waals surface area contributed by atoms with Crippen molar-refractivity contribution in [1.29, 1.82) is 0 Å². The van der Waals surface area contributed by atoms with Crippen LogP contribution in [0.5, 0.6) is 0 Å². The molecule has 0 spiro atoms. The van der Waals surface area contributed by atoms with Crippen molar-refractivity contribution in [2.24, 2.45) is 12.8 Å². The molecular formula is C39H55N5O9. The number of amides is 4. The summed E-state index contributed by atoms with van der Waals surface area (Å²) in [7, 11) is 1.69. The van der Waals surface area contributed by atoms with E-state index >= 15 is 0 Å². The summed E-state index contributed by atoms with van der Waals surface area (Å²) in [5.41, 5.74) is 9.10. The summed E-state index contributed by atoms with van der Waals surface area (Å²) < 4.78 is 26.0. The van der Waals surface area contributed by atoms with Crippen LogP contribution in [-0.2, 0) is 59.8 Å². The number of primary amides is 1. The minimum Gasteiger partial charge on any atom is -0.444 e. The van der Waals surface area contributed by atoms with Crippen molar-refractivity contribution in [2.75, 3.05) is 26.4 Å². The maximum absolute atomic E-state index is 13.0. The molecule has 4 N–H and O–H groups in total. The second-order valence-corrected chi connectivity index (χ2v) is 14.5. The van der Waals surface area contributed by atoms with E-state index in [9.17, 15) is 24.0 Å². The molecule has 14 nitrogen and oxygen atoms in total. The fourth-order valence-electron chi connectivity index (χ4n) is 6.20. The predicted octanol–water partition coefficient (Wildman–Crippen LogP) is 3.98. The van der Waals surface area contributed by atoms with Crippen molar-refractivity contribution < 1.29 is 38.1 Å². The van der Waals surface area contributed by atoms with Crippen molar-refractivity contribution in [3.63, 3.8) is 0 Å². The van der Waals surface area contributed by atoms with Gasteiger partial charge in [-0.25, -0.2) is 9.59 Å². The highest BCUT2D eigenvalue weighted by Crippen LogP contribution is 2.24. The lowest BCUT2D eigenvalue weighted by Crippen LogP contribution is -2.45. The number of rotatable bonds is 20. The second kappa shape index (κ2) is 19.5. The third kappa shape index (κ3) is 12.8. The lowest BCUT2D eigenvalue weighted by atomic mass is 10.1. The number of ether oxygens (including phenoxy) is 4. The van der Waals surface area contributed by atoms with Gasteiger partial charge in [0.05, 0.1) is 43.0 Å². The third-order valence-corrected chi connectivity index (χ3v) is 9.06. The Balaban J connectivity index is 1.09. The Bertz CT molecular complexity index is 1760. The number of nitrogens with zero attached hydrogens (tertiary/aromatic N) is 2. The number of alkyl carbamates (subject to hydrolysis) is 1. The Hall–Kier alpha value is -4.53. The number of benzene rings is 2. The van der Waals surface area contributed by atoms with Gasteiger partial charge in [0.15, 0.2) is 0 Å². The Kier molecular flexibility index (Phi) is 15.2. The zero-order valence-corrected chi connectivity index (χ0v) is 31.6. The topological polar surface area (TPSA) is 182 Å². The number of nitrogens with two attached hydrogens (primary N) is 1. The van der Waals surface area contributed by atoms with E-state index in [0.29, 0.717) is 51.4 Å². The summed E-state index contributed by atoms with van der Waals surface area (Å²) in [6.45, 7) is 9.79. The number of imidazole rings is 1. The van der Waals surface area contributed by atoms with Gasteiger partial charge in [0.2, 0.25) is 17.7 Å². The van der Waals surface area contributed by atoms with Crippen LogP contribution in [0.3, 0.4) is 0 Å². The Morgan fingerprint density at radius 1 is 0.925 bits per heavy atom. The number of hydrogen-bond donors (Lipinski definition) is 3. The highest BCUT2D eigenvalue weighted by molar-refractivity contribution is 6.00. The van der Waals surface area contributed by atoms with Crippen LogP contribution < -0.4 is 22.1 Å². The van der Waals surface area contributed by atoms with Gasteiger partial charge < -0.3 is 30.0 Å². The van der Waals surface area contributed by atoms with E-state index in [2.05, 4.69) is 22.8 Å². The zero-order valence-electron chi connectivity index (χ0n) is 31.6. The molecule has 3 aromatic rings. The summed E-state index contributed by atoms with van der Waals surface area (Å²) in [6, 6.07) is 12.9. The Morgan fingerprint density at radius 3 is 2.17 bits per heavy atom. The average molecular weight is 738 g/mol. The number of aryl methyl sites for hydroxylation is 3. The minimum atomic E-state index is -0.695. The summed E-state index contributed by atoms with van der Waals surface area (Å²) in [5, 5.41) is 5.15. The Labute approximate surface area is 310 Å². The van der Waals surface area contributed by atoms with Gasteiger partial charge >= 0.3 is 11.8 Å². The normalized spacial score (nSPS) is 16.0. The van der Waals surface area contributed by atoms with Crippen LogP contribution in [0.1, 0.15) is 89.0 Å². The van der Waals surface area contributed by atoms with E-state index in [-0.39, 0.29) is 30.5 Å². The lowest BCUT2D eigenvalue weighted by Gasteiger charge is -2.27. The highest BCUT2D eigenvalue weighted by Gasteiger charge is 2.31. The molecule has 3 atom stereocenters. The lowest BCUT2D eigenvalue weighted by molar-refractivity contribution is -0.135. The molecule has 2 aromatic carbocycles. The van der Waals surface area contributed by atoms with Gasteiger partial charge in [-0.1, -0.05) is 30.3 Å². The van der Waals surface area contributed by atoms with Gasteiger partial charge in [-0.2, -0.15) is 0 Å². The molecule has 1 aliphatic rings. The fraction of sp³-hybridized carbons (Fsp3) is 0.564. The SMILES string of the molecule is CC(OCc1ccc(CCCOCCOCCCc2ccc3c(c2)n(C)c(=O)n3C2CCC(=O)NC2=O)cc1)C(CCC(N)=O)NC(=O)OC(C)(C)C. The molecule has 4 amide bonds. The van der Waals surface area contributed by atoms with E-state index in [1.165, 1.54) is 10.1 Å². The molecule has 0 bridgehead atoms. The Morgan fingerprint density at radius 2 is 1.55 bits per heavy atom. The molecule has 0 radical (unpaired) electrons. The molecule has 1 aliphatic heterocycles. The quantitative estimate of drug-likeness (QED) is 0.114. The summed E-state index contributed by atoms with van der Waals surface area (Å²) in [4.78, 5) is 60.7. The number of fused-ring (bicyclic) bond motifs is 1. The number of piperidine rings is 1. The van der Waals surface area contributed by atoms with E-state index in [1.807, 2.05) is 37.3 Å². The number of nitrogens with one attached hydrogen (secondary N) is 2. The van der Waals surface area contributed by atoms with Crippen LogP contribution in [0.15, 0.2) is 47.3 Å². The van der Waals surface area contributed by atoms with Crippen LogP contribution in [0, 0.1) is 0 Å². The second-order valence-electron chi connectivity index (χ2n) is 14.5. The van der Waals surface area contributed by atoms with Crippen molar-refractivity contribution in [3.8, 4) is 0 Å². The number of imide groups is 1.